The summed E-state index contributed by atoms with van der Waals surface area (Å²) in [5.74, 6) is 0. The van der Waals surface area contributed by atoms with E-state index in [4.69, 9.17) is 0 Å². The number of unbranched alkanes of at least 4 members (excludes halogenated alkanes) is 1. The lowest BCUT2D eigenvalue weighted by atomic mass is 10.3. The van der Waals surface area contributed by atoms with Gasteiger partial charge in [-0.2, -0.15) is 0 Å². The van der Waals surface area contributed by atoms with Crippen molar-refractivity contribution < 1.29 is 13.2 Å². The summed E-state index contributed by atoms with van der Waals surface area (Å²) in [7, 11) is -5.99. The molecule has 0 aliphatic rings. The van der Waals surface area contributed by atoms with Gasteiger partial charge in [0.25, 0.3) is 10.0 Å². The van der Waals surface area contributed by atoms with E-state index in [1.54, 1.807) is 42.5 Å². The Balaban J connectivity index is 2.42. The number of rotatable bonds is 7. The number of sulfonamides is 1. The molecule has 24 heavy (non-hydrogen) atoms. The second-order valence-corrected chi connectivity index (χ2v) is 11.9. The van der Waals surface area contributed by atoms with E-state index < -0.39 is 18.3 Å². The first-order chi connectivity index (χ1) is 11.3. The maximum absolute atomic E-state index is 13.0. The lowest BCUT2D eigenvalue weighted by molar-refractivity contribution is 0.568. The molecule has 0 aliphatic carbocycles. The predicted octanol–water partition coefficient (Wildman–Crippen LogP) is 3.09. The summed E-state index contributed by atoms with van der Waals surface area (Å²) in [6.07, 6.45) is 1.70. The normalized spacial score (nSPS) is 12.2. The van der Waals surface area contributed by atoms with Crippen LogP contribution in [-0.4, -0.2) is 28.1 Å². The van der Waals surface area contributed by atoms with Crippen molar-refractivity contribution in [3.8, 4) is 0 Å². The highest BCUT2D eigenvalue weighted by molar-refractivity contribution is 7.92. The Kier molecular flexibility index (Phi) is 5.85. The summed E-state index contributed by atoms with van der Waals surface area (Å²) >= 11 is 0. The smallest absolute Gasteiger partial charge is 0.264 e. The summed E-state index contributed by atoms with van der Waals surface area (Å²) in [6.45, 7) is 6.17. The molecular weight excluding hydrogens is 338 g/mol. The molecule has 0 saturated heterocycles. The molecule has 2 aromatic rings. The van der Waals surface area contributed by atoms with Crippen molar-refractivity contribution in [3.05, 3.63) is 54.6 Å². The molecule has 0 aromatic heterocycles. The van der Waals surface area contributed by atoms with Crippen LogP contribution in [0.4, 0.5) is 5.69 Å². The van der Waals surface area contributed by atoms with Crippen LogP contribution in [0.3, 0.4) is 0 Å². The SMILES string of the molecule is CCCCN(c1ccc([Si](C)(C)O)cc1)S(=O)(=O)c1ccccc1. The van der Waals surface area contributed by atoms with Crippen LogP contribution in [0.15, 0.2) is 59.5 Å². The van der Waals surface area contributed by atoms with E-state index >= 15 is 0 Å². The van der Waals surface area contributed by atoms with Gasteiger partial charge in [-0.25, -0.2) is 8.42 Å². The fourth-order valence-corrected chi connectivity index (χ4v) is 4.95. The largest absolute Gasteiger partial charge is 0.428 e. The van der Waals surface area contributed by atoms with Gasteiger partial charge in [-0.05, 0) is 49.0 Å². The summed E-state index contributed by atoms with van der Waals surface area (Å²) in [6, 6.07) is 15.7. The van der Waals surface area contributed by atoms with Crippen molar-refractivity contribution in [2.45, 2.75) is 37.8 Å². The van der Waals surface area contributed by atoms with Crippen LogP contribution in [0, 0.1) is 0 Å². The van der Waals surface area contributed by atoms with Crippen molar-refractivity contribution in [1.82, 2.24) is 0 Å². The zero-order valence-electron chi connectivity index (χ0n) is 14.4. The summed E-state index contributed by atoms with van der Waals surface area (Å²) in [5.41, 5.74) is 0.634. The number of benzene rings is 2. The minimum Gasteiger partial charge on any atom is -0.428 e. The first-order valence-electron chi connectivity index (χ1n) is 8.17. The summed E-state index contributed by atoms with van der Waals surface area (Å²) < 4.78 is 27.5. The Hall–Kier alpha value is -1.63. The average molecular weight is 364 g/mol. The van der Waals surface area contributed by atoms with Crippen molar-refractivity contribution in [2.24, 2.45) is 0 Å². The molecule has 0 unspecified atom stereocenters. The molecule has 6 heteroatoms. The Morgan fingerprint density at radius 1 is 1.00 bits per heavy atom. The number of hydrogen-bond acceptors (Lipinski definition) is 3. The third-order valence-corrected chi connectivity index (χ3v) is 7.50. The molecule has 0 amide bonds. The number of anilines is 1. The van der Waals surface area contributed by atoms with E-state index in [0.717, 1.165) is 18.0 Å². The van der Waals surface area contributed by atoms with Crippen LogP contribution in [0.5, 0.6) is 0 Å². The zero-order chi connectivity index (χ0) is 17.8. The Labute approximate surface area is 145 Å². The topological polar surface area (TPSA) is 57.6 Å². The van der Waals surface area contributed by atoms with E-state index in [-0.39, 0.29) is 0 Å². The first-order valence-corrected chi connectivity index (χ1v) is 12.6. The van der Waals surface area contributed by atoms with Gasteiger partial charge in [0, 0.05) is 6.54 Å². The first kappa shape index (κ1) is 18.7. The van der Waals surface area contributed by atoms with Gasteiger partial charge in [0.2, 0.25) is 8.32 Å². The lowest BCUT2D eigenvalue weighted by Gasteiger charge is -2.25. The van der Waals surface area contributed by atoms with E-state index in [1.165, 1.54) is 4.31 Å². The van der Waals surface area contributed by atoms with Crippen molar-refractivity contribution in [2.75, 3.05) is 10.8 Å². The van der Waals surface area contributed by atoms with Gasteiger partial charge in [0.05, 0.1) is 10.6 Å². The van der Waals surface area contributed by atoms with Gasteiger partial charge < -0.3 is 4.80 Å². The molecule has 0 bridgehead atoms. The number of nitrogens with zero attached hydrogens (tertiary/aromatic N) is 1. The number of hydrogen-bond donors (Lipinski definition) is 1. The van der Waals surface area contributed by atoms with E-state index in [0.29, 0.717) is 17.1 Å². The second-order valence-electron chi connectivity index (χ2n) is 6.35. The standard InChI is InChI=1S/C18H25NO3SSi/c1-4-5-15-19(23(20,21)17-9-7-6-8-10-17)16-11-13-18(14-12-16)24(2,3)22/h6-14,22H,4-5,15H2,1-3H3. The fraction of sp³-hybridized carbons (Fsp3) is 0.333. The molecule has 0 saturated carbocycles. The summed E-state index contributed by atoms with van der Waals surface area (Å²) in [5, 5.41) is 0.888. The van der Waals surface area contributed by atoms with Crippen molar-refractivity contribution >= 4 is 29.2 Å². The van der Waals surface area contributed by atoms with Crippen LogP contribution < -0.4 is 9.49 Å². The van der Waals surface area contributed by atoms with Gasteiger partial charge in [-0.3, -0.25) is 4.31 Å². The summed E-state index contributed by atoms with van der Waals surface area (Å²) in [4.78, 5) is 10.5. The highest BCUT2D eigenvalue weighted by atomic mass is 32.2. The van der Waals surface area contributed by atoms with Gasteiger partial charge in [-0.1, -0.05) is 43.7 Å². The van der Waals surface area contributed by atoms with E-state index in [1.807, 2.05) is 32.2 Å². The van der Waals surface area contributed by atoms with Gasteiger partial charge in [0.1, 0.15) is 0 Å². The monoisotopic (exact) mass is 363 g/mol. The third-order valence-electron chi connectivity index (χ3n) is 3.91. The zero-order valence-corrected chi connectivity index (χ0v) is 16.3. The third kappa shape index (κ3) is 4.26. The minimum absolute atomic E-state index is 0.294. The molecule has 130 valence electrons. The van der Waals surface area contributed by atoms with Crippen molar-refractivity contribution in [3.63, 3.8) is 0 Å². The molecule has 0 radical (unpaired) electrons. The van der Waals surface area contributed by atoms with Crippen LogP contribution in [0.2, 0.25) is 13.1 Å². The second kappa shape index (κ2) is 7.50. The Bertz CT molecular complexity index is 753. The minimum atomic E-state index is -3.59. The van der Waals surface area contributed by atoms with E-state index in [2.05, 4.69) is 0 Å². The quantitative estimate of drug-likeness (QED) is 0.769. The van der Waals surface area contributed by atoms with Crippen molar-refractivity contribution in [1.29, 1.82) is 0 Å². The van der Waals surface area contributed by atoms with Crippen LogP contribution in [-0.2, 0) is 10.0 Å². The van der Waals surface area contributed by atoms with Gasteiger partial charge in [0.15, 0.2) is 0 Å². The molecule has 0 atom stereocenters. The van der Waals surface area contributed by atoms with Gasteiger partial charge >= 0.3 is 0 Å². The van der Waals surface area contributed by atoms with Crippen LogP contribution in [0.1, 0.15) is 19.8 Å². The maximum atomic E-state index is 13.0. The Morgan fingerprint density at radius 2 is 1.58 bits per heavy atom. The molecule has 1 N–H and O–H groups in total. The Morgan fingerprint density at radius 3 is 2.08 bits per heavy atom. The van der Waals surface area contributed by atoms with Crippen LogP contribution in [0.25, 0.3) is 0 Å². The molecule has 0 aliphatic heterocycles. The molecular formula is C18H25NO3SSi. The molecule has 4 nitrogen and oxygen atoms in total. The van der Waals surface area contributed by atoms with Gasteiger partial charge in [-0.15, -0.1) is 0 Å². The maximum Gasteiger partial charge on any atom is 0.264 e. The molecule has 0 fully saturated rings. The average Bonchev–Trinajstić information content (AvgIpc) is 2.55. The molecule has 2 aromatic carbocycles. The highest BCUT2D eigenvalue weighted by Crippen LogP contribution is 2.24. The molecule has 0 heterocycles. The lowest BCUT2D eigenvalue weighted by Crippen LogP contribution is -2.41. The van der Waals surface area contributed by atoms with Crippen LogP contribution >= 0.6 is 0 Å². The molecule has 0 spiro atoms. The highest BCUT2D eigenvalue weighted by Gasteiger charge is 2.25. The van der Waals surface area contributed by atoms with E-state index in [9.17, 15) is 13.2 Å². The fourth-order valence-electron chi connectivity index (χ4n) is 2.45. The molecule has 2 rings (SSSR count). The predicted molar refractivity (Wildman–Crippen MR) is 102 cm³/mol.